The number of nitrogens with one attached hydrogen (secondary N) is 2. The third kappa shape index (κ3) is 5.39. The molecule has 2 aromatic heterocycles. The number of rotatable bonds is 4. The van der Waals surface area contributed by atoms with E-state index in [0.29, 0.717) is 49.2 Å². The number of nitrogens with zero attached hydrogens (tertiary/aromatic N) is 5. The highest BCUT2D eigenvalue weighted by Gasteiger charge is 2.49. The molecule has 8 rings (SSSR count). The van der Waals surface area contributed by atoms with Gasteiger partial charge in [0, 0.05) is 44.0 Å². The number of alkyl carbamates (subject to hydrolysis) is 1. The van der Waals surface area contributed by atoms with E-state index >= 15 is 4.39 Å². The summed E-state index contributed by atoms with van der Waals surface area (Å²) in [5.74, 6) is -0.246. The SMILES string of the molecule is C[C@@]12CCCN(C1)c1nc(OC[C@@]34CCCN3C[C@H](F)C4)nc3c(F)c(ncc13)-c1c(C=N)ccc(Cl)c1OCCOC(=O)N2. The van der Waals surface area contributed by atoms with Crippen LogP contribution in [0.4, 0.5) is 19.4 Å². The fourth-order valence-corrected chi connectivity index (χ4v) is 7.52. The Labute approximate surface area is 263 Å². The van der Waals surface area contributed by atoms with Gasteiger partial charge in [-0.1, -0.05) is 17.7 Å². The van der Waals surface area contributed by atoms with Crippen LogP contribution in [0.5, 0.6) is 11.8 Å². The summed E-state index contributed by atoms with van der Waals surface area (Å²) in [7, 11) is 0. The Morgan fingerprint density at radius 2 is 2.04 bits per heavy atom. The minimum atomic E-state index is -0.928. The number of fused-ring (bicyclic) bond motifs is 7. The van der Waals surface area contributed by atoms with Gasteiger partial charge in [0.1, 0.15) is 48.8 Å². The quantitative estimate of drug-likeness (QED) is 0.382. The average molecular weight is 642 g/mol. The molecule has 0 unspecified atom stereocenters. The van der Waals surface area contributed by atoms with E-state index in [9.17, 15) is 9.18 Å². The van der Waals surface area contributed by atoms with Gasteiger partial charge in [0.05, 0.1) is 27.1 Å². The largest absolute Gasteiger partial charge is 0.488 e. The Balaban J connectivity index is 1.39. The standard InChI is InChI=1S/C31H34ClF2N7O4/c1-30-6-2-8-40(16-30)27-20-14-36-25(22-18(13-35)4-5-21(32)26(22)43-10-11-44-29(42)39-30)23(34)24(20)37-28(38-27)45-17-31-7-3-9-41(31)15-19(33)12-31/h4-5,13-14,19,35H,2-3,6-12,15-17H2,1H3,(H,39,42)/t19-,30-,31+/m1/s1. The van der Waals surface area contributed by atoms with Crippen molar-refractivity contribution in [1.82, 2.24) is 25.2 Å². The summed E-state index contributed by atoms with van der Waals surface area (Å²) in [6.45, 7) is 4.08. The van der Waals surface area contributed by atoms with Gasteiger partial charge in [-0.15, -0.1) is 0 Å². The molecule has 14 heteroatoms. The number of alkyl halides is 1. The van der Waals surface area contributed by atoms with Gasteiger partial charge >= 0.3 is 12.1 Å². The Morgan fingerprint density at radius 1 is 1.22 bits per heavy atom. The third-order valence-corrected chi connectivity index (χ3v) is 9.67. The van der Waals surface area contributed by atoms with Crippen LogP contribution in [0.3, 0.4) is 0 Å². The monoisotopic (exact) mass is 641 g/mol. The van der Waals surface area contributed by atoms with Crippen molar-refractivity contribution in [1.29, 1.82) is 5.41 Å². The van der Waals surface area contributed by atoms with Crippen LogP contribution in [0.25, 0.3) is 22.2 Å². The summed E-state index contributed by atoms with van der Waals surface area (Å²) < 4.78 is 48.8. The molecule has 3 saturated heterocycles. The van der Waals surface area contributed by atoms with Crippen molar-refractivity contribution in [3.63, 3.8) is 0 Å². The van der Waals surface area contributed by atoms with Crippen molar-refractivity contribution >= 4 is 40.6 Å². The number of benzene rings is 1. The molecule has 6 bridgehead atoms. The highest BCUT2D eigenvalue weighted by Crippen LogP contribution is 2.43. The van der Waals surface area contributed by atoms with Gasteiger partial charge in [0.25, 0.3) is 0 Å². The molecule has 2 N–H and O–H groups in total. The van der Waals surface area contributed by atoms with Crippen LogP contribution in [0, 0.1) is 11.2 Å². The number of hydrogen-bond donors (Lipinski definition) is 2. The van der Waals surface area contributed by atoms with Crippen LogP contribution < -0.4 is 19.7 Å². The molecule has 1 aromatic carbocycles. The van der Waals surface area contributed by atoms with E-state index < -0.39 is 29.2 Å². The molecule has 0 radical (unpaired) electrons. The van der Waals surface area contributed by atoms with E-state index in [1.54, 1.807) is 12.1 Å². The molecule has 7 heterocycles. The van der Waals surface area contributed by atoms with Gasteiger partial charge < -0.3 is 29.8 Å². The van der Waals surface area contributed by atoms with Gasteiger partial charge in [-0.2, -0.15) is 9.97 Å². The molecule has 238 valence electrons. The second-order valence-electron chi connectivity index (χ2n) is 12.6. The Kier molecular flexibility index (Phi) is 7.63. The molecule has 0 spiro atoms. The molecule has 1 amide bonds. The number of pyridine rings is 1. The number of carbonyl (C=O) groups excluding carboxylic acids is 1. The minimum Gasteiger partial charge on any atom is -0.488 e. The zero-order chi connectivity index (χ0) is 31.3. The highest BCUT2D eigenvalue weighted by molar-refractivity contribution is 6.32. The number of amides is 1. The van der Waals surface area contributed by atoms with Crippen molar-refractivity contribution < 1.29 is 27.8 Å². The molecule has 3 aromatic rings. The number of piperidine rings is 1. The van der Waals surface area contributed by atoms with Crippen LogP contribution in [0.1, 0.15) is 44.6 Å². The number of hydrogen-bond acceptors (Lipinski definition) is 10. The molecule has 5 aliphatic rings. The Bertz CT molecular complexity index is 1680. The summed E-state index contributed by atoms with van der Waals surface area (Å²) in [5, 5.41) is 11.5. The van der Waals surface area contributed by atoms with Crippen LogP contribution in [-0.2, 0) is 4.74 Å². The van der Waals surface area contributed by atoms with Gasteiger partial charge in [-0.25, -0.2) is 13.6 Å². The normalized spacial score (nSPS) is 26.7. The fraction of sp³-hybridized carbons (Fsp3) is 0.516. The van der Waals surface area contributed by atoms with E-state index in [-0.39, 0.29) is 53.4 Å². The summed E-state index contributed by atoms with van der Waals surface area (Å²) in [4.78, 5) is 30.7. The van der Waals surface area contributed by atoms with Crippen molar-refractivity contribution in [2.24, 2.45) is 0 Å². The van der Waals surface area contributed by atoms with Crippen molar-refractivity contribution in [2.75, 3.05) is 50.9 Å². The Hall–Kier alpha value is -3.84. The molecule has 3 fully saturated rings. The zero-order valence-electron chi connectivity index (χ0n) is 24.9. The van der Waals surface area contributed by atoms with E-state index in [1.807, 2.05) is 11.8 Å². The predicted molar refractivity (Wildman–Crippen MR) is 164 cm³/mol. The molecular weight excluding hydrogens is 608 g/mol. The first-order chi connectivity index (χ1) is 21.7. The molecule has 0 saturated carbocycles. The maximum absolute atomic E-state index is 16.8. The molecular formula is C31H34ClF2N7O4. The molecule has 3 atom stereocenters. The van der Waals surface area contributed by atoms with Gasteiger partial charge in [0.15, 0.2) is 5.82 Å². The summed E-state index contributed by atoms with van der Waals surface area (Å²) >= 11 is 6.52. The molecule has 45 heavy (non-hydrogen) atoms. The van der Waals surface area contributed by atoms with Crippen molar-refractivity contribution in [2.45, 2.75) is 56.3 Å². The number of anilines is 1. The highest BCUT2D eigenvalue weighted by atomic mass is 35.5. The van der Waals surface area contributed by atoms with E-state index in [2.05, 4.69) is 20.2 Å². The predicted octanol–water partition coefficient (Wildman–Crippen LogP) is 4.91. The first-order valence-electron chi connectivity index (χ1n) is 15.2. The average Bonchev–Trinajstić information content (AvgIpc) is 3.54. The van der Waals surface area contributed by atoms with Crippen molar-refractivity contribution in [3.8, 4) is 23.0 Å². The lowest BCUT2D eigenvalue weighted by Crippen LogP contribution is -2.57. The van der Waals surface area contributed by atoms with Gasteiger partial charge in [-0.05, 0) is 45.2 Å². The summed E-state index contributed by atoms with van der Waals surface area (Å²) in [5.41, 5.74) is -0.769. The number of carbonyl (C=O) groups is 1. The van der Waals surface area contributed by atoms with Crippen LogP contribution >= 0.6 is 11.6 Å². The second kappa shape index (κ2) is 11.5. The van der Waals surface area contributed by atoms with E-state index in [4.69, 9.17) is 36.2 Å². The lowest BCUT2D eigenvalue weighted by molar-refractivity contribution is 0.107. The second-order valence-corrected chi connectivity index (χ2v) is 13.0. The summed E-state index contributed by atoms with van der Waals surface area (Å²) in [6, 6.07) is 3.09. The smallest absolute Gasteiger partial charge is 0.407 e. The van der Waals surface area contributed by atoms with Gasteiger partial charge in [-0.3, -0.25) is 9.88 Å². The Morgan fingerprint density at radius 3 is 2.89 bits per heavy atom. The molecule has 5 aliphatic heterocycles. The minimum absolute atomic E-state index is 0.0239. The first-order valence-corrected chi connectivity index (χ1v) is 15.6. The van der Waals surface area contributed by atoms with E-state index in [1.165, 1.54) is 6.20 Å². The lowest BCUT2D eigenvalue weighted by atomic mass is 9.91. The lowest BCUT2D eigenvalue weighted by Gasteiger charge is -2.41. The zero-order valence-corrected chi connectivity index (χ0v) is 25.6. The first kappa shape index (κ1) is 29.8. The maximum Gasteiger partial charge on any atom is 0.407 e. The topological polar surface area (TPSA) is 126 Å². The summed E-state index contributed by atoms with van der Waals surface area (Å²) in [6.07, 6.45) is 4.58. The van der Waals surface area contributed by atoms with E-state index in [0.717, 1.165) is 32.0 Å². The van der Waals surface area contributed by atoms with Gasteiger partial charge in [0.2, 0.25) is 0 Å². The fourth-order valence-electron chi connectivity index (χ4n) is 7.31. The molecule has 11 nitrogen and oxygen atoms in total. The maximum atomic E-state index is 16.8. The number of aromatic nitrogens is 3. The van der Waals surface area contributed by atoms with Crippen molar-refractivity contribution in [3.05, 3.63) is 34.7 Å². The third-order valence-electron chi connectivity index (χ3n) is 9.37. The number of halogens is 3. The van der Waals surface area contributed by atoms with Crippen LogP contribution in [0.15, 0.2) is 18.3 Å². The van der Waals surface area contributed by atoms with Crippen LogP contribution in [-0.4, -0.2) is 95.4 Å². The number of ether oxygens (including phenoxy) is 3. The molecule has 0 aliphatic carbocycles. The van der Waals surface area contributed by atoms with Crippen LogP contribution in [0.2, 0.25) is 5.02 Å².